The summed E-state index contributed by atoms with van der Waals surface area (Å²) in [6.45, 7) is 3.62. The number of aryl methyl sites for hydroxylation is 1. The van der Waals surface area contributed by atoms with E-state index in [9.17, 15) is 8.42 Å². The third-order valence-electron chi connectivity index (χ3n) is 4.52. The lowest BCUT2D eigenvalue weighted by Crippen LogP contribution is -2.49. The van der Waals surface area contributed by atoms with Crippen LogP contribution in [0.3, 0.4) is 0 Å². The number of hydrogen-bond acceptors (Lipinski definition) is 7. The van der Waals surface area contributed by atoms with Gasteiger partial charge >= 0.3 is 0 Å². The molecule has 138 valence electrons. The molecule has 4 rings (SSSR count). The molecule has 1 aromatic carbocycles. The van der Waals surface area contributed by atoms with Crippen LogP contribution >= 0.6 is 0 Å². The smallest absolute Gasteiger partial charge is 0.254 e. The van der Waals surface area contributed by atoms with E-state index in [4.69, 9.17) is 5.26 Å². The number of sulfonamides is 1. The van der Waals surface area contributed by atoms with E-state index >= 15 is 0 Å². The average Bonchev–Trinajstić information content (AvgIpc) is 3.16. The van der Waals surface area contributed by atoms with Crippen molar-refractivity contribution in [2.45, 2.75) is 11.8 Å². The minimum atomic E-state index is -3.63. The summed E-state index contributed by atoms with van der Waals surface area (Å²) in [5, 5.41) is 13.2. The predicted molar refractivity (Wildman–Crippen MR) is 97.6 cm³/mol. The Hall–Kier alpha value is -3.03. The molecular formula is C17H17N7O2S. The van der Waals surface area contributed by atoms with Crippen LogP contribution in [0.25, 0.3) is 5.78 Å². The Labute approximate surface area is 156 Å². The summed E-state index contributed by atoms with van der Waals surface area (Å²) < 4.78 is 28.9. The van der Waals surface area contributed by atoms with Gasteiger partial charge in [-0.2, -0.15) is 24.2 Å². The number of rotatable bonds is 3. The van der Waals surface area contributed by atoms with Gasteiger partial charge in [-0.15, -0.1) is 0 Å². The average molecular weight is 383 g/mol. The molecule has 1 saturated heterocycles. The monoisotopic (exact) mass is 383 g/mol. The molecule has 0 atom stereocenters. The fraction of sp³-hybridized carbons (Fsp3) is 0.294. The zero-order valence-corrected chi connectivity index (χ0v) is 15.5. The Balaban J connectivity index is 1.56. The van der Waals surface area contributed by atoms with Gasteiger partial charge in [-0.25, -0.2) is 13.4 Å². The first-order chi connectivity index (χ1) is 13.0. The molecule has 0 bridgehead atoms. The van der Waals surface area contributed by atoms with Crippen LogP contribution in [0.15, 0.2) is 41.6 Å². The second kappa shape index (κ2) is 6.61. The topological polar surface area (TPSA) is 107 Å². The van der Waals surface area contributed by atoms with E-state index in [1.165, 1.54) is 22.8 Å². The van der Waals surface area contributed by atoms with Crippen LogP contribution in [0.2, 0.25) is 0 Å². The standard InChI is InChI=1S/C17H17N7O2S/c1-13-9-16(24-17(21-13)19-12-20-24)22-5-7-23(8-6-22)27(25,26)15-4-2-3-14(10-15)11-18/h2-4,9-10,12H,5-8H2,1H3. The fourth-order valence-electron chi connectivity index (χ4n) is 3.17. The van der Waals surface area contributed by atoms with E-state index in [0.29, 0.717) is 37.5 Å². The van der Waals surface area contributed by atoms with Gasteiger partial charge in [-0.3, -0.25) is 0 Å². The van der Waals surface area contributed by atoms with Crippen molar-refractivity contribution >= 4 is 21.6 Å². The number of piperazine rings is 1. The predicted octanol–water partition coefficient (Wildman–Crippen LogP) is 0.815. The zero-order valence-electron chi connectivity index (χ0n) is 14.6. The van der Waals surface area contributed by atoms with Crippen LogP contribution in [0, 0.1) is 18.3 Å². The van der Waals surface area contributed by atoms with E-state index in [0.717, 1.165) is 11.5 Å². The summed E-state index contributed by atoms with van der Waals surface area (Å²) in [7, 11) is -3.63. The van der Waals surface area contributed by atoms with Crippen molar-refractivity contribution in [3.05, 3.63) is 47.9 Å². The Morgan fingerprint density at radius 1 is 1.15 bits per heavy atom. The first-order valence-electron chi connectivity index (χ1n) is 8.42. The number of benzene rings is 1. The highest BCUT2D eigenvalue weighted by atomic mass is 32.2. The lowest BCUT2D eigenvalue weighted by Gasteiger charge is -2.35. The maximum absolute atomic E-state index is 12.9. The minimum Gasteiger partial charge on any atom is -0.354 e. The highest BCUT2D eigenvalue weighted by Gasteiger charge is 2.29. The second-order valence-corrected chi connectivity index (χ2v) is 8.20. The van der Waals surface area contributed by atoms with Crippen molar-refractivity contribution in [1.29, 1.82) is 5.26 Å². The van der Waals surface area contributed by atoms with Gasteiger partial charge in [-0.1, -0.05) is 6.07 Å². The summed E-state index contributed by atoms with van der Waals surface area (Å²) in [6, 6.07) is 10.0. The molecule has 0 saturated carbocycles. The van der Waals surface area contributed by atoms with Crippen LogP contribution < -0.4 is 4.90 Å². The molecule has 9 nitrogen and oxygen atoms in total. The molecule has 3 heterocycles. The molecule has 0 aliphatic carbocycles. The molecule has 1 fully saturated rings. The van der Waals surface area contributed by atoms with Crippen molar-refractivity contribution in [3.8, 4) is 6.07 Å². The minimum absolute atomic E-state index is 0.147. The van der Waals surface area contributed by atoms with E-state index in [1.807, 2.05) is 19.1 Å². The Kier molecular flexibility index (Phi) is 4.25. The van der Waals surface area contributed by atoms with Crippen LogP contribution in [0.5, 0.6) is 0 Å². The van der Waals surface area contributed by atoms with Crippen LogP contribution in [-0.4, -0.2) is 58.5 Å². The highest BCUT2D eigenvalue weighted by Crippen LogP contribution is 2.22. The summed E-state index contributed by atoms with van der Waals surface area (Å²) >= 11 is 0. The normalized spacial score (nSPS) is 15.8. The Morgan fingerprint density at radius 3 is 2.67 bits per heavy atom. The molecule has 0 spiro atoms. The molecule has 3 aromatic rings. The number of hydrogen-bond donors (Lipinski definition) is 0. The number of nitriles is 1. The molecule has 0 unspecified atom stereocenters. The molecule has 0 amide bonds. The van der Waals surface area contributed by atoms with Gasteiger partial charge in [0.2, 0.25) is 10.0 Å². The third-order valence-corrected chi connectivity index (χ3v) is 6.42. The maximum Gasteiger partial charge on any atom is 0.254 e. The lowest BCUT2D eigenvalue weighted by molar-refractivity contribution is 0.383. The van der Waals surface area contributed by atoms with Gasteiger partial charge in [-0.05, 0) is 25.1 Å². The Morgan fingerprint density at radius 2 is 1.93 bits per heavy atom. The van der Waals surface area contributed by atoms with Crippen molar-refractivity contribution < 1.29 is 8.42 Å². The third kappa shape index (κ3) is 3.11. The molecule has 27 heavy (non-hydrogen) atoms. The molecule has 10 heteroatoms. The van der Waals surface area contributed by atoms with E-state index in [1.54, 1.807) is 16.6 Å². The van der Waals surface area contributed by atoms with Crippen LogP contribution in [0.1, 0.15) is 11.3 Å². The molecule has 2 aromatic heterocycles. The first-order valence-corrected chi connectivity index (χ1v) is 9.86. The molecule has 1 aliphatic heterocycles. The largest absolute Gasteiger partial charge is 0.354 e. The van der Waals surface area contributed by atoms with E-state index in [2.05, 4.69) is 20.0 Å². The molecule has 0 radical (unpaired) electrons. The van der Waals surface area contributed by atoms with E-state index in [-0.39, 0.29) is 4.90 Å². The SMILES string of the molecule is Cc1cc(N2CCN(S(=O)(=O)c3cccc(C#N)c3)CC2)n2ncnc2n1. The van der Waals surface area contributed by atoms with Crippen LogP contribution in [-0.2, 0) is 10.0 Å². The Bertz CT molecular complexity index is 1140. The van der Waals surface area contributed by atoms with Crippen molar-refractivity contribution in [2.24, 2.45) is 0 Å². The van der Waals surface area contributed by atoms with Crippen molar-refractivity contribution in [3.63, 3.8) is 0 Å². The van der Waals surface area contributed by atoms with Gasteiger partial charge in [0.05, 0.1) is 16.5 Å². The first kappa shape index (κ1) is 17.4. The fourth-order valence-corrected chi connectivity index (χ4v) is 4.64. The summed E-state index contributed by atoms with van der Waals surface area (Å²) in [5.74, 6) is 1.37. The number of fused-ring (bicyclic) bond motifs is 1. The quantitative estimate of drug-likeness (QED) is 0.659. The van der Waals surface area contributed by atoms with Crippen molar-refractivity contribution in [2.75, 3.05) is 31.1 Å². The van der Waals surface area contributed by atoms with Gasteiger partial charge in [0.1, 0.15) is 12.1 Å². The van der Waals surface area contributed by atoms with Crippen molar-refractivity contribution in [1.82, 2.24) is 23.9 Å². The maximum atomic E-state index is 12.9. The summed E-state index contributed by atoms with van der Waals surface area (Å²) in [6.07, 6.45) is 1.45. The van der Waals surface area contributed by atoms with Crippen LogP contribution in [0.4, 0.5) is 5.82 Å². The lowest BCUT2D eigenvalue weighted by atomic mass is 10.2. The van der Waals surface area contributed by atoms with Gasteiger partial charge in [0, 0.05) is 37.9 Å². The summed E-state index contributed by atoms with van der Waals surface area (Å²) in [5.41, 5.74) is 1.16. The number of aromatic nitrogens is 4. The van der Waals surface area contributed by atoms with Gasteiger partial charge in [0.15, 0.2) is 0 Å². The number of anilines is 1. The molecule has 0 N–H and O–H groups in total. The van der Waals surface area contributed by atoms with Gasteiger partial charge < -0.3 is 4.90 Å². The highest BCUT2D eigenvalue weighted by molar-refractivity contribution is 7.89. The van der Waals surface area contributed by atoms with Gasteiger partial charge in [0.25, 0.3) is 5.78 Å². The van der Waals surface area contributed by atoms with E-state index < -0.39 is 10.0 Å². The summed E-state index contributed by atoms with van der Waals surface area (Å²) in [4.78, 5) is 10.7. The zero-order chi connectivity index (χ0) is 19.0. The number of nitrogens with zero attached hydrogens (tertiary/aromatic N) is 7. The molecular weight excluding hydrogens is 366 g/mol. The molecule has 1 aliphatic rings. The second-order valence-electron chi connectivity index (χ2n) is 6.26.